The third kappa shape index (κ3) is 4.36. The van der Waals surface area contributed by atoms with Gasteiger partial charge < -0.3 is 18.9 Å². The normalized spacial score (nSPS) is 14.9. The molecular weight excluding hydrogens is 399 g/mol. The summed E-state index contributed by atoms with van der Waals surface area (Å²) < 4.78 is 31.7. The highest BCUT2D eigenvalue weighted by Gasteiger charge is 2.31. The number of carbonyl (C=O) groups excluding carboxylic acids is 1. The molecule has 1 aromatic heterocycles. The lowest BCUT2D eigenvalue weighted by Gasteiger charge is -2.30. The van der Waals surface area contributed by atoms with Gasteiger partial charge in [0.15, 0.2) is 0 Å². The number of fused-ring (bicyclic) bond motifs is 1. The molecule has 4 rings (SSSR count). The number of halogens is 1. The molecule has 7 heteroatoms. The summed E-state index contributed by atoms with van der Waals surface area (Å²) in [7, 11) is 1.39. The van der Waals surface area contributed by atoms with Crippen molar-refractivity contribution in [3.05, 3.63) is 59.1 Å². The summed E-state index contributed by atoms with van der Waals surface area (Å²) in [5, 5.41) is 5.62. The van der Waals surface area contributed by atoms with Crippen LogP contribution in [0.4, 0.5) is 9.18 Å². The summed E-state index contributed by atoms with van der Waals surface area (Å²) in [5.41, 5.74) is 1.35. The average molecular weight is 426 g/mol. The van der Waals surface area contributed by atoms with Crippen molar-refractivity contribution in [2.75, 3.05) is 20.2 Å². The van der Waals surface area contributed by atoms with Crippen LogP contribution in [0.15, 0.2) is 40.9 Å². The molecule has 0 atom stereocenters. The lowest BCUT2D eigenvalue weighted by molar-refractivity contribution is 0.110. The fraction of sp³-hybridized carbons (Fsp3) is 0.417. The SMILES string of the molecule is COC(=O)N1CCC(c2onc(OC(C)C)c2Cc2ccc3ccccc3c2F)CC1. The number of aromatic nitrogens is 1. The Morgan fingerprint density at radius 1 is 1.23 bits per heavy atom. The third-order valence-corrected chi connectivity index (χ3v) is 5.74. The second-order valence-electron chi connectivity index (χ2n) is 8.17. The summed E-state index contributed by atoms with van der Waals surface area (Å²) in [6, 6.07) is 11.2. The van der Waals surface area contributed by atoms with Crippen LogP contribution < -0.4 is 4.74 Å². The minimum Gasteiger partial charge on any atom is -0.473 e. The lowest BCUT2D eigenvalue weighted by Crippen LogP contribution is -2.37. The number of nitrogens with zero attached hydrogens (tertiary/aromatic N) is 2. The first-order valence-electron chi connectivity index (χ1n) is 10.6. The maximum Gasteiger partial charge on any atom is 0.409 e. The lowest BCUT2D eigenvalue weighted by atomic mass is 9.90. The van der Waals surface area contributed by atoms with E-state index >= 15 is 4.39 Å². The summed E-state index contributed by atoms with van der Waals surface area (Å²) in [4.78, 5) is 13.5. The third-order valence-electron chi connectivity index (χ3n) is 5.74. The minimum atomic E-state index is -0.321. The number of likely N-dealkylation sites (tertiary alicyclic amines) is 1. The smallest absolute Gasteiger partial charge is 0.409 e. The van der Waals surface area contributed by atoms with Crippen molar-refractivity contribution in [1.29, 1.82) is 0 Å². The summed E-state index contributed by atoms with van der Waals surface area (Å²) in [5.74, 6) is 0.971. The van der Waals surface area contributed by atoms with Crippen molar-refractivity contribution < 1.29 is 23.2 Å². The van der Waals surface area contributed by atoms with E-state index in [2.05, 4.69) is 5.16 Å². The van der Waals surface area contributed by atoms with Gasteiger partial charge in [-0.2, -0.15) is 0 Å². The van der Waals surface area contributed by atoms with Gasteiger partial charge in [-0.1, -0.05) is 36.4 Å². The molecule has 1 aliphatic heterocycles. The van der Waals surface area contributed by atoms with E-state index < -0.39 is 0 Å². The van der Waals surface area contributed by atoms with Crippen LogP contribution in [0, 0.1) is 5.82 Å². The van der Waals surface area contributed by atoms with Crippen LogP contribution in [0.3, 0.4) is 0 Å². The fourth-order valence-electron chi connectivity index (χ4n) is 4.16. The first-order valence-corrected chi connectivity index (χ1v) is 10.6. The van der Waals surface area contributed by atoms with Crippen LogP contribution in [0.2, 0.25) is 0 Å². The van der Waals surface area contributed by atoms with Crippen molar-refractivity contribution in [1.82, 2.24) is 10.1 Å². The molecule has 1 saturated heterocycles. The molecule has 31 heavy (non-hydrogen) atoms. The fourth-order valence-corrected chi connectivity index (χ4v) is 4.16. The van der Waals surface area contributed by atoms with Gasteiger partial charge in [-0.15, -0.1) is 0 Å². The predicted molar refractivity (Wildman–Crippen MR) is 115 cm³/mol. The van der Waals surface area contributed by atoms with E-state index in [1.54, 1.807) is 11.0 Å². The number of hydrogen-bond acceptors (Lipinski definition) is 5. The highest BCUT2D eigenvalue weighted by Crippen LogP contribution is 2.37. The van der Waals surface area contributed by atoms with Crippen LogP contribution in [-0.2, 0) is 11.2 Å². The van der Waals surface area contributed by atoms with E-state index in [9.17, 15) is 4.79 Å². The number of amides is 1. The van der Waals surface area contributed by atoms with Gasteiger partial charge in [-0.05, 0) is 42.8 Å². The Labute approximate surface area is 180 Å². The second kappa shape index (κ2) is 8.96. The Kier molecular flexibility index (Phi) is 6.11. The van der Waals surface area contributed by atoms with Crippen LogP contribution in [0.5, 0.6) is 5.88 Å². The Balaban J connectivity index is 1.64. The van der Waals surface area contributed by atoms with Gasteiger partial charge in [0.25, 0.3) is 5.88 Å². The molecule has 0 radical (unpaired) electrons. The van der Waals surface area contributed by atoms with E-state index in [1.807, 2.05) is 44.2 Å². The molecule has 164 valence electrons. The summed E-state index contributed by atoms with van der Waals surface area (Å²) in [6.07, 6.45) is 1.36. The van der Waals surface area contributed by atoms with Gasteiger partial charge in [0.05, 0.1) is 18.8 Å². The molecular formula is C24H27FN2O4. The molecule has 2 aromatic carbocycles. The Morgan fingerprint density at radius 3 is 2.68 bits per heavy atom. The second-order valence-corrected chi connectivity index (χ2v) is 8.17. The minimum absolute atomic E-state index is 0.0800. The van der Waals surface area contributed by atoms with Crippen LogP contribution >= 0.6 is 0 Å². The molecule has 6 nitrogen and oxygen atoms in total. The summed E-state index contributed by atoms with van der Waals surface area (Å²) in [6.45, 7) is 4.98. The Bertz CT molecular complexity index is 1070. The number of piperidine rings is 1. The Morgan fingerprint density at radius 2 is 1.97 bits per heavy atom. The molecule has 2 heterocycles. The molecule has 1 aliphatic rings. The van der Waals surface area contributed by atoms with Gasteiger partial charge in [0, 0.05) is 30.8 Å². The average Bonchev–Trinajstić information content (AvgIpc) is 3.16. The first kappa shape index (κ1) is 21.2. The number of ether oxygens (including phenoxy) is 2. The molecule has 0 saturated carbocycles. The van der Waals surface area contributed by atoms with Crippen LogP contribution in [0.25, 0.3) is 10.8 Å². The number of benzene rings is 2. The molecule has 0 unspecified atom stereocenters. The zero-order valence-electron chi connectivity index (χ0n) is 18.1. The van der Waals surface area contributed by atoms with Crippen molar-refractivity contribution in [2.24, 2.45) is 0 Å². The quantitative estimate of drug-likeness (QED) is 0.555. The zero-order chi connectivity index (χ0) is 22.0. The maximum absolute atomic E-state index is 15.3. The van der Waals surface area contributed by atoms with E-state index in [0.29, 0.717) is 42.1 Å². The predicted octanol–water partition coefficient (Wildman–Crippen LogP) is 5.29. The van der Waals surface area contributed by atoms with Crippen LogP contribution in [0.1, 0.15) is 49.5 Å². The van der Waals surface area contributed by atoms with Crippen molar-refractivity contribution in [3.8, 4) is 5.88 Å². The van der Waals surface area contributed by atoms with Gasteiger partial charge >= 0.3 is 6.09 Å². The van der Waals surface area contributed by atoms with Crippen LogP contribution in [-0.4, -0.2) is 42.5 Å². The monoisotopic (exact) mass is 426 g/mol. The highest BCUT2D eigenvalue weighted by atomic mass is 19.1. The maximum atomic E-state index is 15.3. The van der Waals surface area contributed by atoms with Gasteiger partial charge in [0.1, 0.15) is 11.6 Å². The van der Waals surface area contributed by atoms with E-state index in [4.69, 9.17) is 14.0 Å². The zero-order valence-corrected chi connectivity index (χ0v) is 18.1. The number of methoxy groups -OCH3 is 1. The highest BCUT2D eigenvalue weighted by molar-refractivity contribution is 5.83. The van der Waals surface area contributed by atoms with Gasteiger partial charge in [-0.25, -0.2) is 9.18 Å². The molecule has 1 amide bonds. The molecule has 1 fully saturated rings. The molecule has 0 aliphatic carbocycles. The van der Waals surface area contributed by atoms with E-state index in [-0.39, 0.29) is 23.9 Å². The van der Waals surface area contributed by atoms with Gasteiger partial charge in [-0.3, -0.25) is 0 Å². The Hall–Kier alpha value is -3.09. The van der Waals surface area contributed by atoms with Crippen molar-refractivity contribution >= 4 is 16.9 Å². The number of carbonyl (C=O) groups is 1. The van der Waals surface area contributed by atoms with Gasteiger partial charge in [0.2, 0.25) is 0 Å². The van der Waals surface area contributed by atoms with Crippen molar-refractivity contribution in [3.63, 3.8) is 0 Å². The molecule has 0 spiro atoms. The molecule has 0 N–H and O–H groups in total. The topological polar surface area (TPSA) is 64.8 Å². The summed E-state index contributed by atoms with van der Waals surface area (Å²) >= 11 is 0. The van der Waals surface area contributed by atoms with E-state index in [1.165, 1.54) is 7.11 Å². The first-order chi connectivity index (χ1) is 15.0. The largest absolute Gasteiger partial charge is 0.473 e. The molecule has 0 bridgehead atoms. The van der Waals surface area contributed by atoms with E-state index in [0.717, 1.165) is 23.8 Å². The standard InChI is InChI=1S/C24H27FN2O4/c1-15(2)30-23-20(14-18-9-8-16-6-4-5-7-19(16)21(18)25)22(31-26-23)17-10-12-27(13-11-17)24(28)29-3/h4-9,15,17H,10-14H2,1-3H3. The number of hydrogen-bond donors (Lipinski definition) is 0. The molecule has 3 aromatic rings. The van der Waals surface area contributed by atoms with Crippen molar-refractivity contribution in [2.45, 2.75) is 45.1 Å². The number of rotatable bonds is 5.